The monoisotopic (exact) mass is 501 g/mol. The van der Waals surface area contributed by atoms with Gasteiger partial charge in [-0.1, -0.05) is 23.2 Å². The Kier molecular flexibility index (Phi) is 6.43. The maximum Gasteiger partial charge on any atom is 0.434 e. The van der Waals surface area contributed by atoms with Crippen LogP contribution in [0.15, 0.2) is 24.4 Å². The van der Waals surface area contributed by atoms with Gasteiger partial charge in [0.2, 0.25) is 5.91 Å². The quantitative estimate of drug-likeness (QED) is 0.556. The molecule has 0 bridgehead atoms. The lowest BCUT2D eigenvalue weighted by molar-refractivity contribution is -0.142. The summed E-state index contributed by atoms with van der Waals surface area (Å²) in [6, 6.07) is -0.492. The second kappa shape index (κ2) is 8.62. The molecule has 1 saturated heterocycles. The van der Waals surface area contributed by atoms with Crippen molar-refractivity contribution in [1.29, 1.82) is 0 Å². The van der Waals surface area contributed by atoms with Gasteiger partial charge in [-0.2, -0.15) is 26.3 Å². The van der Waals surface area contributed by atoms with Crippen LogP contribution in [-0.4, -0.2) is 34.5 Å². The van der Waals surface area contributed by atoms with Crippen LogP contribution in [0.4, 0.5) is 31.1 Å². The number of carbonyl (C=O) groups excluding carboxylic acids is 2. The van der Waals surface area contributed by atoms with Gasteiger partial charge < -0.3 is 16.0 Å². The summed E-state index contributed by atoms with van der Waals surface area (Å²) in [7, 11) is 0. The van der Waals surface area contributed by atoms with Crippen LogP contribution in [0.1, 0.15) is 28.7 Å². The van der Waals surface area contributed by atoms with Gasteiger partial charge in [-0.25, -0.2) is 14.8 Å². The Labute approximate surface area is 185 Å². The van der Waals surface area contributed by atoms with Crippen LogP contribution in [-0.2, 0) is 17.1 Å². The molecule has 172 valence electrons. The van der Waals surface area contributed by atoms with Crippen molar-refractivity contribution in [3.05, 3.63) is 57.1 Å². The predicted octanol–water partition coefficient (Wildman–Crippen LogP) is 3.71. The van der Waals surface area contributed by atoms with E-state index in [1.807, 2.05) is 0 Å². The molecular weight excluding hydrogens is 491 g/mol. The van der Waals surface area contributed by atoms with Gasteiger partial charge in [0, 0.05) is 18.3 Å². The third kappa shape index (κ3) is 5.15. The fourth-order valence-corrected chi connectivity index (χ4v) is 3.31. The molecule has 7 nitrogen and oxygen atoms in total. The number of aromatic nitrogens is 2. The van der Waals surface area contributed by atoms with Crippen LogP contribution in [0.2, 0.25) is 10.0 Å². The van der Waals surface area contributed by atoms with Gasteiger partial charge in [0.25, 0.3) is 0 Å². The number of hydrogen-bond acceptors (Lipinski definition) is 4. The molecule has 32 heavy (non-hydrogen) atoms. The zero-order valence-electron chi connectivity index (χ0n) is 15.4. The van der Waals surface area contributed by atoms with Gasteiger partial charge in [0.1, 0.15) is 6.04 Å². The van der Waals surface area contributed by atoms with Crippen molar-refractivity contribution in [1.82, 2.24) is 25.9 Å². The number of pyridine rings is 2. The number of carbonyl (C=O) groups is 2. The van der Waals surface area contributed by atoms with E-state index in [0.29, 0.717) is 6.20 Å². The predicted molar refractivity (Wildman–Crippen MR) is 98.8 cm³/mol. The van der Waals surface area contributed by atoms with E-state index in [1.165, 1.54) is 0 Å². The molecule has 0 spiro atoms. The third-order valence-corrected chi connectivity index (χ3v) is 4.86. The Balaban J connectivity index is 2.05. The molecule has 3 heterocycles. The number of hydrogen-bond donors (Lipinski definition) is 3. The number of amides is 3. The lowest BCUT2D eigenvalue weighted by atomic mass is 10.0. The van der Waals surface area contributed by atoms with E-state index in [1.54, 1.807) is 0 Å². The molecular formula is C17H11Cl2F6N5O2. The summed E-state index contributed by atoms with van der Waals surface area (Å²) in [6.45, 7) is -0.120. The van der Waals surface area contributed by atoms with Crippen LogP contribution in [0.3, 0.4) is 0 Å². The van der Waals surface area contributed by atoms with E-state index in [9.17, 15) is 35.9 Å². The van der Waals surface area contributed by atoms with Crippen LogP contribution in [0.5, 0.6) is 0 Å². The van der Waals surface area contributed by atoms with E-state index in [-0.39, 0.29) is 12.1 Å². The smallest absolute Gasteiger partial charge is 0.342 e. The van der Waals surface area contributed by atoms with Crippen molar-refractivity contribution >= 4 is 35.1 Å². The molecule has 1 aliphatic rings. The molecule has 0 aromatic carbocycles. The summed E-state index contributed by atoms with van der Waals surface area (Å²) in [5.41, 5.74) is -3.46. The van der Waals surface area contributed by atoms with Gasteiger partial charge in [-0.15, -0.1) is 0 Å². The molecule has 0 saturated carbocycles. The summed E-state index contributed by atoms with van der Waals surface area (Å²) >= 11 is 11.2. The molecule has 0 radical (unpaired) electrons. The Morgan fingerprint density at radius 2 is 1.75 bits per heavy atom. The Bertz CT molecular complexity index is 1060. The van der Waals surface area contributed by atoms with E-state index in [4.69, 9.17) is 23.2 Å². The highest BCUT2D eigenvalue weighted by atomic mass is 35.5. The molecule has 3 rings (SSSR count). The van der Waals surface area contributed by atoms with Crippen molar-refractivity contribution in [2.24, 2.45) is 0 Å². The molecule has 0 aliphatic carbocycles. The first-order valence-electron chi connectivity index (χ1n) is 8.58. The molecule has 1 fully saturated rings. The molecule has 2 atom stereocenters. The molecule has 1 aliphatic heterocycles. The summed E-state index contributed by atoms with van der Waals surface area (Å²) in [5.74, 6) is -0.838. The van der Waals surface area contributed by atoms with Gasteiger partial charge in [0.15, 0.2) is 11.4 Å². The Morgan fingerprint density at radius 3 is 2.28 bits per heavy atom. The van der Waals surface area contributed by atoms with Crippen molar-refractivity contribution in [3.63, 3.8) is 0 Å². The summed E-state index contributed by atoms with van der Waals surface area (Å²) in [6.07, 6.45) is -9.12. The lowest BCUT2D eigenvalue weighted by Crippen LogP contribution is -2.44. The van der Waals surface area contributed by atoms with Crippen molar-refractivity contribution in [2.75, 3.05) is 6.54 Å². The Morgan fingerprint density at radius 1 is 1.09 bits per heavy atom. The summed E-state index contributed by atoms with van der Waals surface area (Å²) in [5, 5.41) is 5.39. The fourth-order valence-electron chi connectivity index (χ4n) is 2.82. The van der Waals surface area contributed by atoms with Gasteiger partial charge in [-0.3, -0.25) is 4.79 Å². The van der Waals surface area contributed by atoms with Gasteiger partial charge in [-0.05, 0) is 18.2 Å². The van der Waals surface area contributed by atoms with E-state index < -0.39 is 63.5 Å². The first-order valence-corrected chi connectivity index (χ1v) is 9.34. The summed E-state index contributed by atoms with van der Waals surface area (Å²) < 4.78 is 78.6. The highest BCUT2D eigenvalue weighted by molar-refractivity contribution is 6.31. The van der Waals surface area contributed by atoms with E-state index in [0.717, 1.165) is 18.2 Å². The summed E-state index contributed by atoms with van der Waals surface area (Å²) in [4.78, 5) is 30.5. The maximum atomic E-state index is 13.2. The molecule has 2 unspecified atom stereocenters. The first-order chi connectivity index (χ1) is 14.8. The molecule has 3 N–H and O–H groups in total. The minimum atomic E-state index is -4.94. The first kappa shape index (κ1) is 23.9. The van der Waals surface area contributed by atoms with E-state index >= 15 is 0 Å². The third-order valence-electron chi connectivity index (χ3n) is 4.27. The zero-order valence-corrected chi connectivity index (χ0v) is 16.9. The average molecular weight is 502 g/mol. The number of urea groups is 1. The van der Waals surface area contributed by atoms with E-state index in [2.05, 4.69) is 25.9 Å². The normalized spacial score (nSPS) is 17.5. The van der Waals surface area contributed by atoms with Gasteiger partial charge in [0.05, 0.1) is 21.8 Å². The van der Waals surface area contributed by atoms with Crippen LogP contribution in [0, 0.1) is 0 Å². The molecule has 3 amide bonds. The van der Waals surface area contributed by atoms with Crippen molar-refractivity contribution in [2.45, 2.75) is 24.4 Å². The average Bonchev–Trinajstić information content (AvgIpc) is 3.11. The number of alkyl halides is 6. The lowest BCUT2D eigenvalue weighted by Gasteiger charge is -2.22. The minimum absolute atomic E-state index is 0.120. The highest BCUT2D eigenvalue weighted by Gasteiger charge is 2.38. The van der Waals surface area contributed by atoms with Crippen molar-refractivity contribution < 1.29 is 35.9 Å². The highest BCUT2D eigenvalue weighted by Crippen LogP contribution is 2.37. The molecule has 2 aromatic heterocycles. The minimum Gasteiger partial charge on any atom is -0.342 e. The largest absolute Gasteiger partial charge is 0.434 e. The molecule has 2 aromatic rings. The number of nitrogens with one attached hydrogen (secondary N) is 3. The Hall–Kier alpha value is -2.80. The zero-order chi connectivity index (χ0) is 23.8. The number of nitrogens with zero attached hydrogens (tertiary/aromatic N) is 2. The second-order valence-corrected chi connectivity index (χ2v) is 7.32. The van der Waals surface area contributed by atoms with Crippen LogP contribution in [0.25, 0.3) is 0 Å². The molecule has 15 heteroatoms. The topological polar surface area (TPSA) is 96.0 Å². The van der Waals surface area contributed by atoms with Crippen LogP contribution >= 0.6 is 23.2 Å². The second-order valence-electron chi connectivity index (χ2n) is 6.51. The van der Waals surface area contributed by atoms with Crippen molar-refractivity contribution in [3.8, 4) is 0 Å². The number of halogens is 8. The SMILES string of the molecule is O=C1NCC(C(=O)NC(c2cnc(C(F)(F)F)c(Cl)c2)c2ccc(Cl)c(C(F)(F)F)n2)N1. The van der Waals surface area contributed by atoms with Gasteiger partial charge >= 0.3 is 18.4 Å². The fraction of sp³-hybridized carbons (Fsp3) is 0.294. The standard InChI is InChI=1S/C17H11Cl2F6N5O2/c18-7-1-2-9(28-13(7)17(23,24)25)11(30-14(31)10-5-27-15(32)29-10)6-3-8(19)12(26-4-6)16(20,21)22/h1-4,10-11H,5H2,(H,30,31)(H2,27,29,32). The maximum absolute atomic E-state index is 13.2. The van der Waals surface area contributed by atoms with Crippen LogP contribution < -0.4 is 16.0 Å². The number of rotatable bonds is 4.